The molecule has 264 valence electrons. The van der Waals surface area contributed by atoms with Crippen molar-refractivity contribution in [2.45, 2.75) is 21.5 Å². The third-order valence-corrected chi connectivity index (χ3v) is 40.2. The number of alkyl halides is 15. The molecule has 0 heterocycles. The smallest absolute Gasteiger partial charge is 0.0675 e. The van der Waals surface area contributed by atoms with Gasteiger partial charge in [-0.05, 0) is 92.1 Å². The van der Waals surface area contributed by atoms with Crippen LogP contribution in [0.3, 0.4) is 0 Å². The normalized spacial score (nSPS) is 14.5. The van der Waals surface area contributed by atoms with Gasteiger partial charge in [0.05, 0.1) is 0 Å². The highest BCUT2D eigenvalue weighted by Gasteiger charge is 2.75. The number of fused-ring (bicyclic) bond motifs is 1. The quantitative estimate of drug-likeness (QED) is 0.110. The van der Waals surface area contributed by atoms with Crippen LogP contribution in [0.5, 0.6) is 0 Å². The molecule has 0 fully saturated rings. The lowest BCUT2D eigenvalue weighted by atomic mass is 9.87. The van der Waals surface area contributed by atoms with Crippen molar-refractivity contribution < 1.29 is 0 Å². The summed E-state index contributed by atoms with van der Waals surface area (Å²) < 4.78 is -4.83. The van der Waals surface area contributed by atoms with Crippen LogP contribution in [-0.2, 0) is 3.23 Å². The van der Waals surface area contributed by atoms with Crippen molar-refractivity contribution in [3.8, 4) is 11.1 Å². The van der Waals surface area contributed by atoms with Gasteiger partial charge in [0.25, 0.3) is 0 Å². The minimum Gasteiger partial charge on any atom is -0.0675 e. The van der Waals surface area contributed by atoms with E-state index in [1.807, 2.05) is 0 Å². The van der Waals surface area contributed by atoms with E-state index in [0.717, 1.165) is 52.6 Å². The van der Waals surface area contributed by atoms with Gasteiger partial charge in [0.15, 0.2) is 2.14 Å². The zero-order chi connectivity index (χ0) is 37.2. The third-order valence-electron chi connectivity index (χ3n) is 8.53. The van der Waals surface area contributed by atoms with Crippen molar-refractivity contribution in [1.82, 2.24) is 0 Å². The predicted octanol–water partition coefficient (Wildman–Crippen LogP) is 20.1. The van der Waals surface area contributed by atoms with E-state index in [0.29, 0.717) is 0 Å². The van der Waals surface area contributed by atoms with E-state index in [-0.39, 0.29) is 0 Å². The minimum absolute atomic E-state index is 0.821. The fourth-order valence-corrected chi connectivity index (χ4v) is 20.3. The second kappa shape index (κ2) is 15.4. The molecule has 0 unspecified atom stereocenters. The molecule has 0 aliphatic carbocycles. The van der Waals surface area contributed by atoms with Crippen LogP contribution in [0.15, 0.2) is 87.8 Å². The van der Waals surface area contributed by atoms with E-state index < -0.39 is 21.5 Å². The topological polar surface area (TPSA) is 0 Å². The molecule has 0 atom stereocenters. The van der Waals surface area contributed by atoms with Crippen LogP contribution in [-0.4, -0.2) is 18.3 Å². The summed E-state index contributed by atoms with van der Waals surface area (Å²) in [5.41, 5.74) is 3.26. The molecule has 0 nitrogen and oxygen atoms in total. The average Bonchev–Trinajstić information content (AvgIpc) is 3.04. The molecule has 0 aliphatic heterocycles. The Morgan fingerprint density at radius 1 is 0.380 bits per heavy atom. The first-order valence-corrected chi connectivity index (χ1v) is 27.2. The molecule has 0 N–H and O–H groups in total. The van der Waals surface area contributed by atoms with Gasteiger partial charge in [-0.2, -0.15) is 0 Å². The van der Waals surface area contributed by atoms with Gasteiger partial charge in [-0.1, -0.05) is 312 Å². The maximum atomic E-state index is 4.15. The zero-order valence-corrected chi connectivity index (χ0v) is 50.9. The largest absolute Gasteiger partial charge is 0.162 e. The number of hydrogen-bond acceptors (Lipinski definition) is 0. The van der Waals surface area contributed by atoms with E-state index in [1.54, 1.807) is 0 Å². The van der Waals surface area contributed by atoms with Gasteiger partial charge in [-0.15, -0.1) is 0 Å². The number of rotatable bonds is 7. The molecule has 0 amide bonds. The van der Waals surface area contributed by atoms with Crippen molar-refractivity contribution in [1.29, 1.82) is 0 Å². The Labute approximate surface area is 431 Å². The summed E-state index contributed by atoms with van der Waals surface area (Å²) in [4.78, 5) is 0. The van der Waals surface area contributed by atoms with Crippen LogP contribution in [0.4, 0.5) is 0 Å². The Kier molecular flexibility index (Phi) is 13.6. The van der Waals surface area contributed by atoms with Gasteiger partial charge < -0.3 is 0 Å². The number of halogens is 17. The van der Waals surface area contributed by atoms with Crippen molar-refractivity contribution in [2.24, 2.45) is 0 Å². The Balaban J connectivity index is 1.59. The molecular weight excluding hydrogens is 1750 g/mol. The molecule has 6 aromatic carbocycles. The molecular formula is C33H13Br17. The van der Waals surface area contributed by atoms with Gasteiger partial charge in [-0.3, -0.25) is 0 Å². The fourth-order valence-electron chi connectivity index (χ4n) is 5.92. The Bertz CT molecular complexity index is 2300. The summed E-state index contributed by atoms with van der Waals surface area (Å²) in [5, 5.41) is 9.22. The summed E-state index contributed by atoms with van der Waals surface area (Å²) in [5.74, 6) is 0. The van der Waals surface area contributed by atoms with E-state index in [9.17, 15) is 0 Å². The maximum Gasteiger partial charge on any atom is 0.162 e. The highest BCUT2D eigenvalue weighted by molar-refractivity contribution is 9.42. The van der Waals surface area contributed by atoms with E-state index in [2.05, 4.69) is 350 Å². The lowest BCUT2D eigenvalue weighted by Crippen LogP contribution is -2.65. The van der Waals surface area contributed by atoms with Gasteiger partial charge in [0, 0.05) is 14.5 Å². The maximum absolute atomic E-state index is 4.15. The molecule has 0 bridgehead atoms. The van der Waals surface area contributed by atoms with Gasteiger partial charge in [-0.25, -0.2) is 0 Å². The van der Waals surface area contributed by atoms with E-state index in [4.69, 9.17) is 0 Å². The minimum atomic E-state index is -1.06. The Morgan fingerprint density at radius 3 is 1.50 bits per heavy atom. The average molecular weight is 1770 g/mol. The third kappa shape index (κ3) is 6.85. The first-order valence-electron chi connectivity index (χ1n) is 13.8. The van der Waals surface area contributed by atoms with Gasteiger partial charge in [0.2, 0.25) is 0 Å². The fraction of sp³-hybridized carbons (Fsp3) is 0.212. The van der Waals surface area contributed by atoms with Crippen molar-refractivity contribution in [3.63, 3.8) is 0 Å². The standard InChI is InChI=1S/C33H13Br17/c34-25-20-11-10-18-21(27(36,37)28(38,39)29(40,41)30(42,43)31(44,45)32(46,47)33(48,49)50)12-8-15-7-9-19(24(20)22(15)18)23(26(25)35)17-6-5-14-3-1-2-4-16(14)13-17/h1-13H. The van der Waals surface area contributed by atoms with Crippen LogP contribution in [0.2, 0.25) is 0 Å². The Hall–Kier alpha value is 4.78. The van der Waals surface area contributed by atoms with Gasteiger partial charge in [0.1, 0.15) is 19.4 Å². The second-order valence-electron chi connectivity index (χ2n) is 11.4. The summed E-state index contributed by atoms with van der Waals surface area (Å²) >= 11 is 67.3. The van der Waals surface area contributed by atoms with Crippen molar-refractivity contribution in [3.05, 3.63) is 93.4 Å². The van der Waals surface area contributed by atoms with Crippen LogP contribution < -0.4 is 0 Å². The SMILES string of the molecule is Brc1c(Br)c2ccc3c(C(Br)(Br)C(Br)(Br)C(Br)(Br)C(Br)(Br)C(Br)(Br)C(Br)(Br)C(Br)(Br)Br)ccc4ccc(c1-c1ccc5ccccc5c1)c2c43. The number of hydrogen-bond donors (Lipinski definition) is 0. The molecule has 6 aromatic rings. The molecule has 0 aromatic heterocycles. The van der Waals surface area contributed by atoms with Crippen LogP contribution in [0.1, 0.15) is 5.56 Å². The van der Waals surface area contributed by atoms with Crippen molar-refractivity contribution >= 4 is 314 Å². The van der Waals surface area contributed by atoms with E-state index >= 15 is 0 Å². The lowest BCUT2D eigenvalue weighted by Gasteiger charge is -2.56. The highest BCUT2D eigenvalue weighted by atomic mass is 80.0. The Morgan fingerprint density at radius 2 is 0.880 bits per heavy atom. The van der Waals surface area contributed by atoms with Crippen LogP contribution >= 0.6 is 271 Å². The number of benzene rings is 6. The lowest BCUT2D eigenvalue weighted by molar-refractivity contribution is 0.606. The van der Waals surface area contributed by atoms with Crippen LogP contribution in [0, 0.1) is 0 Å². The molecule has 17 heteroatoms. The molecule has 0 saturated carbocycles. The predicted molar refractivity (Wildman–Crippen MR) is 280 cm³/mol. The van der Waals surface area contributed by atoms with E-state index in [1.165, 1.54) is 16.2 Å². The first-order chi connectivity index (χ1) is 22.8. The summed E-state index contributed by atoms with van der Waals surface area (Å²) in [6.07, 6.45) is 0. The second-order valence-corrected chi connectivity index (χ2v) is 40.4. The summed E-state index contributed by atoms with van der Waals surface area (Å²) in [6, 6.07) is 28.3. The molecule has 50 heavy (non-hydrogen) atoms. The zero-order valence-electron chi connectivity index (χ0n) is 23.9. The first kappa shape index (κ1) is 44.3. The highest BCUT2D eigenvalue weighted by Crippen LogP contribution is 2.77. The van der Waals surface area contributed by atoms with Gasteiger partial charge >= 0.3 is 0 Å². The molecule has 0 spiro atoms. The monoisotopic (exact) mass is 1750 g/mol. The molecule has 0 aliphatic rings. The summed E-state index contributed by atoms with van der Waals surface area (Å²) in [7, 11) is 0. The van der Waals surface area contributed by atoms with Crippen LogP contribution in [0.25, 0.3) is 54.2 Å². The molecule has 0 saturated heterocycles. The molecule has 6 rings (SSSR count). The molecule has 0 radical (unpaired) electrons. The van der Waals surface area contributed by atoms with Crippen molar-refractivity contribution in [2.75, 3.05) is 0 Å². The summed E-state index contributed by atoms with van der Waals surface area (Å²) in [6.45, 7) is 0.